The molecule has 1 amide bonds. The van der Waals surface area contributed by atoms with E-state index in [1.807, 2.05) is 11.0 Å². The summed E-state index contributed by atoms with van der Waals surface area (Å²) in [7, 11) is 2.09. The molecule has 17 heteroatoms. The zero-order valence-corrected chi connectivity index (χ0v) is 20.0. The number of halogens is 6. The predicted octanol–water partition coefficient (Wildman–Crippen LogP) is 2.22. The number of likely N-dealkylation sites (N-methyl/N-ethyl adjacent to an activating group) is 1. The van der Waals surface area contributed by atoms with Crippen molar-refractivity contribution >= 4 is 17.8 Å². The third-order valence-corrected chi connectivity index (χ3v) is 5.48. The smallest absolute Gasteiger partial charge is 0.475 e. The second kappa shape index (κ2) is 12.8. The van der Waals surface area contributed by atoms with E-state index in [4.69, 9.17) is 24.2 Å². The number of furan rings is 1. The van der Waals surface area contributed by atoms with Crippen LogP contribution in [0, 0.1) is 0 Å². The Morgan fingerprint density at radius 2 is 1.55 bits per heavy atom. The third-order valence-electron chi connectivity index (χ3n) is 5.48. The number of nitrogens with one attached hydrogen (secondary N) is 1. The van der Waals surface area contributed by atoms with Crippen molar-refractivity contribution in [2.24, 2.45) is 0 Å². The van der Waals surface area contributed by atoms with Gasteiger partial charge in [-0.2, -0.15) is 31.4 Å². The number of piperazine rings is 1. The van der Waals surface area contributed by atoms with Crippen molar-refractivity contribution in [2.75, 3.05) is 39.8 Å². The highest BCUT2D eigenvalue weighted by Gasteiger charge is 2.39. The fraction of sp³-hybridized carbons (Fsp3) is 0.524. The van der Waals surface area contributed by atoms with E-state index in [9.17, 15) is 31.1 Å². The lowest BCUT2D eigenvalue weighted by atomic mass is 10.0. The number of aromatic nitrogens is 2. The van der Waals surface area contributed by atoms with Gasteiger partial charge in [-0.3, -0.25) is 14.8 Å². The molecule has 4 heterocycles. The first-order valence-electron chi connectivity index (χ1n) is 11.0. The van der Waals surface area contributed by atoms with Crippen LogP contribution in [0.1, 0.15) is 27.3 Å². The molecular weight excluding hydrogens is 532 g/mol. The van der Waals surface area contributed by atoms with Gasteiger partial charge in [-0.05, 0) is 19.5 Å². The number of carbonyl (C=O) groups is 3. The number of aliphatic carboxylic acids is 2. The summed E-state index contributed by atoms with van der Waals surface area (Å²) in [6.07, 6.45) is -5.82. The second-order valence-electron chi connectivity index (χ2n) is 8.32. The summed E-state index contributed by atoms with van der Waals surface area (Å²) in [6.45, 7) is 6.00. The number of hydrogen-bond donors (Lipinski definition) is 3. The van der Waals surface area contributed by atoms with E-state index in [1.165, 1.54) is 5.56 Å². The number of amides is 1. The van der Waals surface area contributed by atoms with Crippen molar-refractivity contribution in [3.8, 4) is 0 Å². The molecule has 0 spiro atoms. The minimum Gasteiger partial charge on any atom is -0.475 e. The lowest BCUT2D eigenvalue weighted by molar-refractivity contribution is -0.193. The van der Waals surface area contributed by atoms with Crippen molar-refractivity contribution in [1.29, 1.82) is 0 Å². The van der Waals surface area contributed by atoms with E-state index in [2.05, 4.69) is 27.0 Å². The molecule has 11 nitrogen and oxygen atoms in total. The van der Waals surface area contributed by atoms with E-state index >= 15 is 0 Å². The van der Waals surface area contributed by atoms with Gasteiger partial charge in [0.1, 0.15) is 0 Å². The fourth-order valence-electron chi connectivity index (χ4n) is 3.49. The number of fused-ring (bicyclic) bond motifs is 1. The highest BCUT2D eigenvalue weighted by molar-refractivity contribution is 5.94. The molecule has 0 bridgehead atoms. The number of carboxylic acids is 2. The molecule has 0 aliphatic carbocycles. The molecule has 0 radical (unpaired) electrons. The van der Waals surface area contributed by atoms with Gasteiger partial charge >= 0.3 is 24.3 Å². The molecule has 2 aromatic heterocycles. The first-order valence-corrected chi connectivity index (χ1v) is 11.0. The van der Waals surface area contributed by atoms with Crippen LogP contribution in [0.3, 0.4) is 0 Å². The summed E-state index contributed by atoms with van der Waals surface area (Å²) in [5.74, 6) is -5.44. The molecule has 212 valence electrons. The van der Waals surface area contributed by atoms with Gasteiger partial charge in [-0.15, -0.1) is 0 Å². The number of carboxylic acid groups (broad SMARTS) is 2. The SMILES string of the molecule is CN1CCN(C(=O)c2n[nH]c3c2CCN(Cc2ccoc2)C3)CC1.O=C(O)C(F)(F)F.O=C(O)C(F)(F)F. The zero-order chi connectivity index (χ0) is 28.7. The molecular formula is C21H25F6N5O6. The maximum Gasteiger partial charge on any atom is 0.490 e. The number of aromatic amines is 1. The van der Waals surface area contributed by atoms with Crippen LogP contribution in [0.5, 0.6) is 0 Å². The Bertz CT molecular complexity index is 1050. The Morgan fingerprint density at radius 3 is 2.03 bits per heavy atom. The predicted molar refractivity (Wildman–Crippen MR) is 116 cm³/mol. The fourth-order valence-corrected chi connectivity index (χ4v) is 3.49. The van der Waals surface area contributed by atoms with Crippen molar-refractivity contribution < 1.29 is 55.4 Å². The largest absolute Gasteiger partial charge is 0.490 e. The Hall–Kier alpha value is -3.60. The van der Waals surface area contributed by atoms with Gasteiger partial charge in [-0.1, -0.05) is 0 Å². The minimum absolute atomic E-state index is 0.0730. The van der Waals surface area contributed by atoms with Gasteiger partial charge in [-0.25, -0.2) is 9.59 Å². The van der Waals surface area contributed by atoms with E-state index in [0.717, 1.165) is 63.5 Å². The summed E-state index contributed by atoms with van der Waals surface area (Å²) in [6, 6.07) is 1.99. The summed E-state index contributed by atoms with van der Waals surface area (Å²) in [4.78, 5) is 37.1. The first kappa shape index (κ1) is 30.6. The zero-order valence-electron chi connectivity index (χ0n) is 20.0. The quantitative estimate of drug-likeness (QED) is 0.484. The molecule has 2 aliphatic heterocycles. The maximum atomic E-state index is 12.8. The molecule has 1 fully saturated rings. The summed E-state index contributed by atoms with van der Waals surface area (Å²) >= 11 is 0. The maximum absolute atomic E-state index is 12.8. The molecule has 0 unspecified atom stereocenters. The average Bonchev–Trinajstić information content (AvgIpc) is 3.48. The normalized spacial score (nSPS) is 16.4. The van der Waals surface area contributed by atoms with E-state index < -0.39 is 24.3 Å². The molecule has 1 saturated heterocycles. The number of alkyl halides is 6. The second-order valence-corrected chi connectivity index (χ2v) is 8.32. The lowest BCUT2D eigenvalue weighted by Gasteiger charge is -2.32. The van der Waals surface area contributed by atoms with Crippen molar-refractivity contribution in [3.05, 3.63) is 41.1 Å². The van der Waals surface area contributed by atoms with Gasteiger partial charge in [0.25, 0.3) is 5.91 Å². The summed E-state index contributed by atoms with van der Waals surface area (Å²) in [5.41, 5.74) is 3.97. The molecule has 2 aliphatic rings. The molecule has 3 N–H and O–H groups in total. The van der Waals surface area contributed by atoms with Gasteiger partial charge in [0.05, 0.1) is 18.2 Å². The number of hydrogen-bond acceptors (Lipinski definition) is 7. The van der Waals surface area contributed by atoms with Crippen molar-refractivity contribution in [2.45, 2.75) is 31.9 Å². The minimum atomic E-state index is -5.08. The molecule has 0 aromatic carbocycles. The van der Waals surface area contributed by atoms with Crippen LogP contribution in [0.15, 0.2) is 23.0 Å². The summed E-state index contributed by atoms with van der Waals surface area (Å²) in [5, 5.41) is 21.7. The topological polar surface area (TPSA) is 143 Å². The van der Waals surface area contributed by atoms with Crippen LogP contribution >= 0.6 is 0 Å². The van der Waals surface area contributed by atoms with E-state index in [-0.39, 0.29) is 5.91 Å². The third kappa shape index (κ3) is 9.05. The Morgan fingerprint density at radius 1 is 1.00 bits per heavy atom. The highest BCUT2D eigenvalue weighted by atomic mass is 19.4. The standard InChI is InChI=1S/C17H23N5O2.2C2HF3O2/c1-20-5-7-22(8-6-20)17(23)16-14-2-4-21(11-15(14)18-19-16)10-13-3-9-24-12-13;2*3-2(4,5)1(6)7/h3,9,12H,2,4-8,10-11H2,1H3,(H,18,19);2*(H,6,7). The average molecular weight is 557 g/mol. The molecule has 2 aromatic rings. The van der Waals surface area contributed by atoms with Crippen LogP contribution < -0.4 is 0 Å². The number of carbonyl (C=O) groups excluding carboxylic acids is 1. The summed E-state index contributed by atoms with van der Waals surface area (Å²) < 4.78 is 68.6. The molecule has 0 atom stereocenters. The Kier molecular flexibility index (Phi) is 10.3. The highest BCUT2D eigenvalue weighted by Crippen LogP contribution is 2.23. The van der Waals surface area contributed by atoms with Crippen molar-refractivity contribution in [1.82, 2.24) is 24.9 Å². The van der Waals surface area contributed by atoms with E-state index in [1.54, 1.807) is 12.5 Å². The van der Waals surface area contributed by atoms with Gasteiger partial charge in [0.2, 0.25) is 0 Å². The monoisotopic (exact) mass is 557 g/mol. The molecule has 4 rings (SSSR count). The first-order chi connectivity index (χ1) is 17.6. The van der Waals surface area contributed by atoms with Crippen LogP contribution in [0.4, 0.5) is 26.3 Å². The van der Waals surface area contributed by atoms with Gasteiger partial charge in [0, 0.05) is 56.9 Å². The number of H-pyrrole nitrogens is 1. The van der Waals surface area contributed by atoms with Crippen LogP contribution in [-0.4, -0.2) is 105 Å². The van der Waals surface area contributed by atoms with Crippen LogP contribution in [-0.2, 0) is 29.1 Å². The van der Waals surface area contributed by atoms with Gasteiger partial charge < -0.3 is 24.4 Å². The number of nitrogens with zero attached hydrogens (tertiary/aromatic N) is 4. The lowest BCUT2D eigenvalue weighted by Crippen LogP contribution is -2.47. The van der Waals surface area contributed by atoms with Crippen LogP contribution in [0.2, 0.25) is 0 Å². The van der Waals surface area contributed by atoms with E-state index in [0.29, 0.717) is 5.69 Å². The van der Waals surface area contributed by atoms with Gasteiger partial charge in [0.15, 0.2) is 5.69 Å². The number of rotatable bonds is 3. The Balaban J connectivity index is 0.000000301. The van der Waals surface area contributed by atoms with Crippen LogP contribution in [0.25, 0.3) is 0 Å². The van der Waals surface area contributed by atoms with Crippen molar-refractivity contribution in [3.63, 3.8) is 0 Å². The Labute approximate surface area is 211 Å². The molecule has 0 saturated carbocycles. The molecule has 38 heavy (non-hydrogen) atoms.